The molecule has 6 nitrogen and oxygen atoms in total. The van der Waals surface area contributed by atoms with E-state index in [1.54, 1.807) is 0 Å². The van der Waals surface area contributed by atoms with E-state index in [2.05, 4.69) is 0 Å². The van der Waals surface area contributed by atoms with Gasteiger partial charge >= 0.3 is 6.09 Å². The third kappa shape index (κ3) is 7.16. The number of amides is 2. The molecule has 1 saturated carbocycles. The van der Waals surface area contributed by atoms with E-state index in [1.807, 2.05) is 46.4 Å². The molecule has 2 aliphatic rings. The van der Waals surface area contributed by atoms with E-state index in [4.69, 9.17) is 15.2 Å². The van der Waals surface area contributed by atoms with Crippen LogP contribution in [-0.4, -0.2) is 40.4 Å². The van der Waals surface area contributed by atoms with E-state index in [9.17, 15) is 9.59 Å². The normalized spacial score (nSPS) is 26.3. The highest BCUT2D eigenvalue weighted by atomic mass is 16.6. The molecule has 3 atom stereocenters. The lowest BCUT2D eigenvalue weighted by Gasteiger charge is -2.37. The molecule has 1 aliphatic heterocycles. The monoisotopic (exact) mass is 410 g/mol. The lowest BCUT2D eigenvalue weighted by molar-refractivity contribution is -0.119. The molecule has 6 heteroatoms. The molecule has 0 aromatic heterocycles. The molecule has 1 saturated heterocycles. The fourth-order valence-electron chi connectivity index (χ4n) is 4.90. The van der Waals surface area contributed by atoms with Crippen molar-refractivity contribution in [1.82, 2.24) is 4.90 Å². The first kappa shape index (κ1) is 24.0. The van der Waals surface area contributed by atoms with Crippen LogP contribution in [0.25, 0.3) is 0 Å². The molecule has 2 fully saturated rings. The standard InChI is InChI=1S/C23H42N2O4/c1-16(14-20(24)26)12-13-19-18(15-17-10-8-7-9-11-17)25(23(5,6)28-19)21(27)29-22(2,3)4/h16-19H,7-15H2,1-6H3,(H2,24,26)/t16-,18-,19?/m0/s1. The van der Waals surface area contributed by atoms with Gasteiger partial charge < -0.3 is 15.2 Å². The molecule has 2 N–H and O–H groups in total. The lowest BCUT2D eigenvalue weighted by atomic mass is 9.82. The molecule has 2 amide bonds. The minimum absolute atomic E-state index is 0.00345. The van der Waals surface area contributed by atoms with Crippen LogP contribution in [-0.2, 0) is 14.3 Å². The van der Waals surface area contributed by atoms with Crippen LogP contribution >= 0.6 is 0 Å². The van der Waals surface area contributed by atoms with Gasteiger partial charge in [0.1, 0.15) is 11.3 Å². The van der Waals surface area contributed by atoms with Crippen LogP contribution in [0.2, 0.25) is 0 Å². The van der Waals surface area contributed by atoms with Crippen molar-refractivity contribution in [3.63, 3.8) is 0 Å². The van der Waals surface area contributed by atoms with Gasteiger partial charge in [0.05, 0.1) is 12.1 Å². The van der Waals surface area contributed by atoms with E-state index < -0.39 is 11.3 Å². The number of hydrogen-bond acceptors (Lipinski definition) is 4. The highest BCUT2D eigenvalue weighted by Gasteiger charge is 2.51. The Balaban J connectivity index is 2.16. The van der Waals surface area contributed by atoms with Crippen LogP contribution in [0.4, 0.5) is 4.79 Å². The second kappa shape index (κ2) is 9.67. The summed E-state index contributed by atoms with van der Waals surface area (Å²) in [4.78, 5) is 26.2. The Labute approximate surface area is 176 Å². The van der Waals surface area contributed by atoms with Crippen LogP contribution in [0.3, 0.4) is 0 Å². The third-order valence-corrected chi connectivity index (χ3v) is 6.16. The Hall–Kier alpha value is -1.30. The third-order valence-electron chi connectivity index (χ3n) is 6.16. The average molecular weight is 411 g/mol. The van der Waals surface area contributed by atoms with Crippen molar-refractivity contribution in [1.29, 1.82) is 0 Å². The first-order valence-corrected chi connectivity index (χ1v) is 11.4. The highest BCUT2D eigenvalue weighted by molar-refractivity contribution is 5.73. The maximum atomic E-state index is 13.1. The number of nitrogens with zero attached hydrogens (tertiary/aromatic N) is 1. The second-order valence-corrected chi connectivity index (χ2v) is 10.6. The van der Waals surface area contributed by atoms with Gasteiger partial charge in [-0.15, -0.1) is 0 Å². The van der Waals surface area contributed by atoms with E-state index in [1.165, 1.54) is 32.1 Å². The Kier molecular flexibility index (Phi) is 8.00. The van der Waals surface area contributed by atoms with Gasteiger partial charge in [-0.3, -0.25) is 9.69 Å². The van der Waals surface area contributed by atoms with E-state index >= 15 is 0 Å². The molecule has 0 radical (unpaired) electrons. The lowest BCUT2D eigenvalue weighted by Crippen LogP contribution is -2.50. The Morgan fingerprint density at radius 3 is 2.38 bits per heavy atom. The zero-order valence-electron chi connectivity index (χ0n) is 19.3. The molecule has 168 valence electrons. The zero-order valence-corrected chi connectivity index (χ0v) is 19.3. The molecule has 0 aromatic rings. The maximum Gasteiger partial charge on any atom is 0.412 e. The number of rotatable bonds is 7. The molecule has 1 aliphatic carbocycles. The van der Waals surface area contributed by atoms with Crippen molar-refractivity contribution in [2.45, 2.75) is 123 Å². The molecule has 2 rings (SSSR count). The largest absolute Gasteiger partial charge is 0.444 e. The van der Waals surface area contributed by atoms with Crippen LogP contribution in [0.5, 0.6) is 0 Å². The van der Waals surface area contributed by atoms with Crippen molar-refractivity contribution in [2.75, 3.05) is 0 Å². The maximum absolute atomic E-state index is 13.1. The topological polar surface area (TPSA) is 81.9 Å². The van der Waals surface area contributed by atoms with Crippen molar-refractivity contribution in [3.05, 3.63) is 0 Å². The summed E-state index contributed by atoms with van der Waals surface area (Å²) < 4.78 is 12.2. The van der Waals surface area contributed by atoms with E-state index in [-0.39, 0.29) is 30.1 Å². The highest BCUT2D eigenvalue weighted by Crippen LogP contribution is 2.41. The summed E-state index contributed by atoms with van der Waals surface area (Å²) in [6.07, 6.45) is 8.98. The fraction of sp³-hybridized carbons (Fsp3) is 0.913. The second-order valence-electron chi connectivity index (χ2n) is 10.6. The minimum atomic E-state index is -0.709. The summed E-state index contributed by atoms with van der Waals surface area (Å²) >= 11 is 0. The Morgan fingerprint density at radius 1 is 1.21 bits per heavy atom. The summed E-state index contributed by atoms with van der Waals surface area (Å²) in [7, 11) is 0. The van der Waals surface area contributed by atoms with Crippen LogP contribution in [0.15, 0.2) is 0 Å². The minimum Gasteiger partial charge on any atom is -0.444 e. The van der Waals surface area contributed by atoms with Crippen molar-refractivity contribution in [3.8, 4) is 0 Å². The van der Waals surface area contributed by atoms with E-state index in [0.29, 0.717) is 12.3 Å². The molecule has 0 aromatic carbocycles. The van der Waals surface area contributed by atoms with Crippen LogP contribution in [0, 0.1) is 11.8 Å². The zero-order chi connectivity index (χ0) is 21.8. The number of carbonyl (C=O) groups excluding carboxylic acids is 2. The molecule has 29 heavy (non-hydrogen) atoms. The fourth-order valence-corrected chi connectivity index (χ4v) is 4.90. The Morgan fingerprint density at radius 2 is 1.83 bits per heavy atom. The molecule has 1 heterocycles. The number of carbonyl (C=O) groups is 2. The predicted molar refractivity (Wildman–Crippen MR) is 114 cm³/mol. The van der Waals surface area contributed by atoms with Gasteiger partial charge in [-0.05, 0) is 65.7 Å². The van der Waals surface area contributed by atoms with Gasteiger partial charge in [0.25, 0.3) is 0 Å². The molecule has 0 spiro atoms. The van der Waals surface area contributed by atoms with Crippen molar-refractivity contribution >= 4 is 12.0 Å². The van der Waals surface area contributed by atoms with Gasteiger partial charge in [-0.1, -0.05) is 39.0 Å². The van der Waals surface area contributed by atoms with Gasteiger partial charge in [-0.25, -0.2) is 4.79 Å². The summed E-state index contributed by atoms with van der Waals surface area (Å²) in [5.41, 5.74) is 4.10. The van der Waals surface area contributed by atoms with E-state index in [0.717, 1.165) is 19.3 Å². The van der Waals surface area contributed by atoms with Crippen molar-refractivity contribution in [2.24, 2.45) is 17.6 Å². The SMILES string of the molecule is C[C@@H](CCC1OC(C)(C)N(C(=O)OC(C)(C)C)[C@H]1CC1CCCCC1)CC(N)=O. The van der Waals surface area contributed by atoms with Crippen molar-refractivity contribution < 1.29 is 19.1 Å². The number of primary amides is 1. The number of hydrogen-bond donors (Lipinski definition) is 1. The van der Waals surface area contributed by atoms with Gasteiger partial charge in [0.15, 0.2) is 0 Å². The van der Waals surface area contributed by atoms with Gasteiger partial charge in [-0.2, -0.15) is 0 Å². The first-order chi connectivity index (χ1) is 13.4. The number of ether oxygens (including phenoxy) is 2. The summed E-state index contributed by atoms with van der Waals surface area (Å²) in [6.45, 7) is 11.7. The van der Waals surface area contributed by atoms with Gasteiger partial charge in [0.2, 0.25) is 5.91 Å². The molecular formula is C23H42N2O4. The predicted octanol–water partition coefficient (Wildman–Crippen LogP) is 4.99. The molecule has 1 unspecified atom stereocenters. The summed E-state index contributed by atoms with van der Waals surface area (Å²) in [6, 6.07) is 0.00345. The molecular weight excluding hydrogens is 368 g/mol. The summed E-state index contributed by atoms with van der Waals surface area (Å²) in [5, 5.41) is 0. The average Bonchev–Trinajstić information content (AvgIpc) is 2.81. The van der Waals surface area contributed by atoms with Gasteiger partial charge in [0, 0.05) is 6.42 Å². The quantitative estimate of drug-likeness (QED) is 0.641. The summed E-state index contributed by atoms with van der Waals surface area (Å²) in [5.74, 6) is 0.575. The Bertz CT molecular complexity index is 564. The van der Waals surface area contributed by atoms with Crippen LogP contribution < -0.4 is 5.73 Å². The molecule has 0 bridgehead atoms. The first-order valence-electron chi connectivity index (χ1n) is 11.4. The smallest absolute Gasteiger partial charge is 0.412 e. The van der Waals surface area contributed by atoms with Crippen LogP contribution in [0.1, 0.15) is 99.3 Å². The number of nitrogens with two attached hydrogens (primary N) is 1.